The monoisotopic (exact) mass is 258 g/mol. The number of methoxy groups -OCH3 is 1. The number of fused-ring (bicyclic) bond motifs is 3. The van der Waals surface area contributed by atoms with Crippen LogP contribution in [0.5, 0.6) is 0 Å². The van der Waals surface area contributed by atoms with Crippen LogP contribution < -0.4 is 5.32 Å². The van der Waals surface area contributed by atoms with Crippen molar-refractivity contribution < 1.29 is 9.53 Å². The summed E-state index contributed by atoms with van der Waals surface area (Å²) in [4.78, 5) is 14.8. The first kappa shape index (κ1) is 12.2. The molecule has 1 atom stereocenters. The smallest absolute Gasteiger partial charge is 0.305 e. The quantitative estimate of drug-likeness (QED) is 0.831. The molecule has 1 aliphatic heterocycles. The molecule has 0 amide bonds. The highest BCUT2D eigenvalue weighted by atomic mass is 16.5. The van der Waals surface area contributed by atoms with Crippen molar-refractivity contribution in [2.45, 2.75) is 25.3 Å². The number of para-hydroxylation sites is 1. The van der Waals surface area contributed by atoms with E-state index in [1.165, 1.54) is 29.3 Å². The highest BCUT2D eigenvalue weighted by molar-refractivity contribution is 5.85. The summed E-state index contributed by atoms with van der Waals surface area (Å²) < 4.78 is 4.71. The number of H-pyrrole nitrogens is 1. The molecule has 4 heteroatoms. The fourth-order valence-electron chi connectivity index (χ4n) is 2.87. The van der Waals surface area contributed by atoms with Gasteiger partial charge < -0.3 is 15.0 Å². The van der Waals surface area contributed by atoms with E-state index in [0.717, 1.165) is 19.4 Å². The lowest BCUT2D eigenvalue weighted by Crippen LogP contribution is -2.30. The van der Waals surface area contributed by atoms with Crippen molar-refractivity contribution in [2.24, 2.45) is 0 Å². The number of hydrogen-bond acceptors (Lipinski definition) is 3. The van der Waals surface area contributed by atoms with Gasteiger partial charge in [-0.1, -0.05) is 18.2 Å². The predicted molar refractivity (Wildman–Crippen MR) is 74.0 cm³/mol. The minimum Gasteiger partial charge on any atom is -0.469 e. The lowest BCUT2D eigenvalue weighted by molar-refractivity contribution is -0.140. The highest BCUT2D eigenvalue weighted by Gasteiger charge is 2.24. The molecule has 0 bridgehead atoms. The van der Waals surface area contributed by atoms with Crippen LogP contribution in [0.25, 0.3) is 10.9 Å². The summed E-state index contributed by atoms with van der Waals surface area (Å²) in [6.07, 6.45) is 2.25. The standard InChI is InChI=1S/C15H18N2O2/c1-19-14(18)7-6-13-15-11(8-9-16-13)10-4-2-3-5-12(10)17-15/h2-5,13,16-17H,6-9H2,1H3. The van der Waals surface area contributed by atoms with Crippen LogP contribution in [0.1, 0.15) is 30.1 Å². The molecule has 0 saturated carbocycles. The first-order chi connectivity index (χ1) is 9.29. The average molecular weight is 258 g/mol. The van der Waals surface area contributed by atoms with Gasteiger partial charge in [-0.05, 0) is 31.0 Å². The van der Waals surface area contributed by atoms with E-state index in [-0.39, 0.29) is 12.0 Å². The van der Waals surface area contributed by atoms with Crippen LogP contribution in [0.4, 0.5) is 0 Å². The summed E-state index contributed by atoms with van der Waals surface area (Å²) in [5.74, 6) is -0.148. The molecule has 4 nitrogen and oxygen atoms in total. The first-order valence-electron chi connectivity index (χ1n) is 6.69. The van der Waals surface area contributed by atoms with Crippen LogP contribution in [0, 0.1) is 0 Å². The van der Waals surface area contributed by atoms with Crippen molar-refractivity contribution in [3.63, 3.8) is 0 Å². The Bertz CT molecular complexity index is 603. The minimum absolute atomic E-state index is 0.148. The molecule has 0 aliphatic carbocycles. The number of hydrogen-bond donors (Lipinski definition) is 2. The van der Waals surface area contributed by atoms with E-state index in [1.54, 1.807) is 0 Å². The largest absolute Gasteiger partial charge is 0.469 e. The molecule has 2 aromatic rings. The summed E-state index contributed by atoms with van der Waals surface area (Å²) in [6, 6.07) is 8.59. The molecule has 1 aromatic carbocycles. The summed E-state index contributed by atoms with van der Waals surface area (Å²) in [7, 11) is 1.44. The Kier molecular flexibility index (Phi) is 3.25. The zero-order valence-electron chi connectivity index (χ0n) is 11.0. The molecule has 2 heterocycles. The van der Waals surface area contributed by atoms with Gasteiger partial charge in [0.1, 0.15) is 0 Å². The Hall–Kier alpha value is -1.81. The number of carbonyl (C=O) groups is 1. The molecule has 19 heavy (non-hydrogen) atoms. The summed E-state index contributed by atoms with van der Waals surface area (Å²) in [5, 5.41) is 4.78. The van der Waals surface area contributed by atoms with Gasteiger partial charge in [-0.3, -0.25) is 4.79 Å². The third-order valence-electron chi connectivity index (χ3n) is 3.83. The van der Waals surface area contributed by atoms with Crippen LogP contribution in [0.3, 0.4) is 0 Å². The lowest BCUT2D eigenvalue weighted by atomic mass is 9.96. The molecule has 2 N–H and O–H groups in total. The van der Waals surface area contributed by atoms with Gasteiger partial charge >= 0.3 is 5.97 Å². The fraction of sp³-hybridized carbons (Fsp3) is 0.400. The Labute approximate surface area is 112 Å². The van der Waals surface area contributed by atoms with Crippen molar-refractivity contribution >= 4 is 16.9 Å². The van der Waals surface area contributed by atoms with E-state index in [2.05, 4.69) is 28.5 Å². The molecule has 1 unspecified atom stereocenters. The zero-order chi connectivity index (χ0) is 13.2. The molecular weight excluding hydrogens is 240 g/mol. The van der Waals surface area contributed by atoms with Crippen molar-refractivity contribution in [1.29, 1.82) is 0 Å². The highest BCUT2D eigenvalue weighted by Crippen LogP contribution is 2.31. The van der Waals surface area contributed by atoms with E-state index in [4.69, 9.17) is 4.74 Å². The molecule has 0 spiro atoms. The van der Waals surface area contributed by atoms with Crippen LogP contribution in [-0.4, -0.2) is 24.6 Å². The van der Waals surface area contributed by atoms with Crippen molar-refractivity contribution in [3.05, 3.63) is 35.5 Å². The van der Waals surface area contributed by atoms with Crippen LogP contribution in [0.15, 0.2) is 24.3 Å². The van der Waals surface area contributed by atoms with E-state index in [1.807, 2.05) is 6.07 Å². The van der Waals surface area contributed by atoms with Gasteiger partial charge in [0.25, 0.3) is 0 Å². The van der Waals surface area contributed by atoms with Gasteiger partial charge in [-0.25, -0.2) is 0 Å². The van der Waals surface area contributed by atoms with E-state index >= 15 is 0 Å². The van der Waals surface area contributed by atoms with Crippen LogP contribution >= 0.6 is 0 Å². The number of carbonyl (C=O) groups excluding carboxylic acids is 1. The zero-order valence-corrected chi connectivity index (χ0v) is 11.0. The van der Waals surface area contributed by atoms with Gasteiger partial charge in [-0.15, -0.1) is 0 Å². The Morgan fingerprint density at radius 2 is 2.26 bits per heavy atom. The number of esters is 1. The van der Waals surface area contributed by atoms with Gasteiger partial charge in [0.2, 0.25) is 0 Å². The SMILES string of the molecule is COC(=O)CCC1NCCc2c1[nH]c1ccccc21. The molecule has 0 saturated heterocycles. The topological polar surface area (TPSA) is 54.1 Å². The summed E-state index contributed by atoms with van der Waals surface area (Å²) in [6.45, 7) is 0.959. The normalized spacial score (nSPS) is 18.3. The number of ether oxygens (including phenoxy) is 1. The third-order valence-corrected chi connectivity index (χ3v) is 3.83. The van der Waals surface area contributed by atoms with E-state index < -0.39 is 0 Å². The van der Waals surface area contributed by atoms with Gasteiger partial charge in [0.15, 0.2) is 0 Å². The molecule has 1 aliphatic rings. The molecule has 100 valence electrons. The minimum atomic E-state index is -0.148. The summed E-state index contributed by atoms with van der Waals surface area (Å²) in [5.41, 5.74) is 3.81. The van der Waals surface area contributed by atoms with E-state index in [9.17, 15) is 4.79 Å². The van der Waals surface area contributed by atoms with Crippen molar-refractivity contribution in [2.75, 3.05) is 13.7 Å². The van der Waals surface area contributed by atoms with Gasteiger partial charge in [-0.2, -0.15) is 0 Å². The Balaban J connectivity index is 1.89. The third kappa shape index (κ3) is 2.24. The van der Waals surface area contributed by atoms with E-state index in [0.29, 0.717) is 6.42 Å². The second-order valence-corrected chi connectivity index (χ2v) is 4.93. The van der Waals surface area contributed by atoms with Crippen molar-refractivity contribution in [3.8, 4) is 0 Å². The number of aromatic amines is 1. The van der Waals surface area contributed by atoms with Gasteiger partial charge in [0.05, 0.1) is 7.11 Å². The maximum Gasteiger partial charge on any atom is 0.305 e. The average Bonchev–Trinajstić information content (AvgIpc) is 2.84. The fourth-order valence-corrected chi connectivity index (χ4v) is 2.87. The molecular formula is C15H18N2O2. The number of nitrogens with one attached hydrogen (secondary N) is 2. The number of rotatable bonds is 3. The molecule has 0 radical (unpaired) electrons. The number of aromatic nitrogens is 1. The van der Waals surface area contributed by atoms with Crippen LogP contribution in [0.2, 0.25) is 0 Å². The second kappa shape index (κ2) is 5.05. The Morgan fingerprint density at radius 3 is 3.11 bits per heavy atom. The van der Waals surface area contributed by atoms with Gasteiger partial charge in [0, 0.05) is 29.1 Å². The van der Waals surface area contributed by atoms with Crippen LogP contribution in [-0.2, 0) is 16.0 Å². The predicted octanol–water partition coefficient (Wildman–Crippen LogP) is 2.31. The Morgan fingerprint density at radius 1 is 1.42 bits per heavy atom. The second-order valence-electron chi connectivity index (χ2n) is 4.93. The lowest BCUT2D eigenvalue weighted by Gasteiger charge is -2.24. The molecule has 1 aromatic heterocycles. The molecule has 0 fully saturated rings. The maximum absolute atomic E-state index is 11.3. The summed E-state index contributed by atoms with van der Waals surface area (Å²) >= 11 is 0. The number of benzene rings is 1. The van der Waals surface area contributed by atoms with Crippen molar-refractivity contribution in [1.82, 2.24) is 10.3 Å². The maximum atomic E-state index is 11.3. The first-order valence-corrected chi connectivity index (χ1v) is 6.69. The molecule has 3 rings (SSSR count).